The van der Waals surface area contributed by atoms with Gasteiger partial charge in [-0.15, -0.1) is 0 Å². The van der Waals surface area contributed by atoms with Crippen molar-refractivity contribution >= 4 is 16.7 Å². The number of hydrogen-bond donors (Lipinski definition) is 1. The largest absolute Gasteiger partial charge is 0.416 e. The van der Waals surface area contributed by atoms with Crippen molar-refractivity contribution in [2.24, 2.45) is 5.73 Å². The molecular formula is C19H17F3N2O. The quantitative estimate of drug-likeness (QED) is 0.706. The van der Waals surface area contributed by atoms with E-state index in [1.54, 1.807) is 30.6 Å². The molecule has 6 heteroatoms. The number of halogens is 3. The lowest BCUT2D eigenvalue weighted by Crippen LogP contribution is -2.10. The lowest BCUT2D eigenvalue weighted by atomic mass is 9.98. The summed E-state index contributed by atoms with van der Waals surface area (Å²) >= 11 is 0. The van der Waals surface area contributed by atoms with Crippen LogP contribution in [0.5, 0.6) is 0 Å². The summed E-state index contributed by atoms with van der Waals surface area (Å²) in [4.78, 5) is 15.4. The van der Waals surface area contributed by atoms with Gasteiger partial charge in [-0.25, -0.2) is 0 Å². The molecule has 1 amide bonds. The second kappa shape index (κ2) is 7.34. The average Bonchev–Trinajstić information content (AvgIpc) is 2.62. The standard InChI is InChI=1S/C17H11F3N2O.C2H6/c18-17(19,20)13-5-3-10(4-6-13)15-9-22-8-12-2-1-11(16(21)23)7-14(12)15;1-2/h1-9H,(H2,21,23);1-2H3. The Labute approximate surface area is 143 Å². The minimum atomic E-state index is -4.38. The molecule has 3 aromatic rings. The average molecular weight is 346 g/mol. The first kappa shape index (κ1) is 18.4. The monoisotopic (exact) mass is 346 g/mol. The molecule has 2 N–H and O–H groups in total. The lowest BCUT2D eigenvalue weighted by molar-refractivity contribution is -0.137. The third-order valence-electron chi connectivity index (χ3n) is 3.57. The number of aromatic nitrogens is 1. The molecule has 0 aliphatic heterocycles. The third kappa shape index (κ3) is 3.96. The number of carbonyl (C=O) groups is 1. The van der Waals surface area contributed by atoms with E-state index in [4.69, 9.17) is 5.73 Å². The Morgan fingerprint density at radius 1 is 1.00 bits per heavy atom. The predicted molar refractivity (Wildman–Crippen MR) is 92.0 cm³/mol. The molecule has 1 aromatic heterocycles. The molecule has 0 spiro atoms. The molecule has 3 rings (SSSR count). The Kier molecular flexibility index (Phi) is 5.41. The number of nitrogens with two attached hydrogens (primary N) is 1. The normalized spacial score (nSPS) is 10.9. The van der Waals surface area contributed by atoms with Crippen molar-refractivity contribution in [1.82, 2.24) is 4.98 Å². The van der Waals surface area contributed by atoms with Gasteiger partial charge in [0, 0.05) is 28.9 Å². The molecule has 0 aliphatic carbocycles. The van der Waals surface area contributed by atoms with Crippen LogP contribution in [0.1, 0.15) is 29.8 Å². The van der Waals surface area contributed by atoms with Crippen LogP contribution in [-0.2, 0) is 6.18 Å². The second-order valence-corrected chi connectivity index (χ2v) is 5.06. The van der Waals surface area contributed by atoms with Gasteiger partial charge in [0.25, 0.3) is 0 Å². The molecule has 3 nitrogen and oxygen atoms in total. The van der Waals surface area contributed by atoms with Crippen LogP contribution in [0, 0.1) is 0 Å². The first-order valence-corrected chi connectivity index (χ1v) is 7.71. The molecule has 2 aromatic carbocycles. The number of rotatable bonds is 2. The van der Waals surface area contributed by atoms with E-state index >= 15 is 0 Å². The Hall–Kier alpha value is -2.89. The van der Waals surface area contributed by atoms with E-state index in [0.717, 1.165) is 17.5 Å². The summed E-state index contributed by atoms with van der Waals surface area (Å²) in [7, 11) is 0. The highest BCUT2D eigenvalue weighted by Crippen LogP contribution is 2.33. The Balaban J connectivity index is 0.00000109. The zero-order chi connectivity index (χ0) is 18.6. The fourth-order valence-electron chi connectivity index (χ4n) is 2.39. The summed E-state index contributed by atoms with van der Waals surface area (Å²) < 4.78 is 38.0. The van der Waals surface area contributed by atoms with Crippen LogP contribution >= 0.6 is 0 Å². The highest BCUT2D eigenvalue weighted by atomic mass is 19.4. The first-order chi connectivity index (χ1) is 11.9. The molecule has 0 saturated carbocycles. The van der Waals surface area contributed by atoms with Crippen LogP contribution in [0.15, 0.2) is 54.9 Å². The highest BCUT2D eigenvalue weighted by molar-refractivity contribution is 6.02. The SMILES string of the molecule is CC.NC(=O)c1ccc2cncc(-c3ccc(C(F)(F)F)cc3)c2c1. The van der Waals surface area contributed by atoms with Gasteiger partial charge < -0.3 is 5.73 Å². The van der Waals surface area contributed by atoms with E-state index in [1.165, 1.54) is 12.1 Å². The van der Waals surface area contributed by atoms with E-state index in [9.17, 15) is 18.0 Å². The first-order valence-electron chi connectivity index (χ1n) is 7.71. The number of carbonyl (C=O) groups excluding carboxylic acids is 1. The van der Waals surface area contributed by atoms with Crippen LogP contribution in [0.2, 0.25) is 0 Å². The van der Waals surface area contributed by atoms with Crippen LogP contribution in [-0.4, -0.2) is 10.9 Å². The van der Waals surface area contributed by atoms with E-state index in [2.05, 4.69) is 4.98 Å². The number of hydrogen-bond acceptors (Lipinski definition) is 2. The lowest BCUT2D eigenvalue weighted by Gasteiger charge is -2.10. The number of benzene rings is 2. The Morgan fingerprint density at radius 3 is 2.20 bits per heavy atom. The topological polar surface area (TPSA) is 56.0 Å². The van der Waals surface area contributed by atoms with Crippen LogP contribution in [0.3, 0.4) is 0 Å². The molecule has 0 atom stereocenters. The van der Waals surface area contributed by atoms with Gasteiger partial charge >= 0.3 is 6.18 Å². The summed E-state index contributed by atoms with van der Waals surface area (Å²) in [5.74, 6) is -0.568. The molecule has 0 bridgehead atoms. The van der Waals surface area contributed by atoms with Gasteiger partial charge in [-0.05, 0) is 35.2 Å². The van der Waals surface area contributed by atoms with Crippen LogP contribution < -0.4 is 5.73 Å². The minimum Gasteiger partial charge on any atom is -0.366 e. The van der Waals surface area contributed by atoms with Crippen molar-refractivity contribution in [1.29, 1.82) is 0 Å². The Morgan fingerprint density at radius 2 is 1.64 bits per heavy atom. The van der Waals surface area contributed by atoms with E-state index in [0.29, 0.717) is 22.1 Å². The number of pyridine rings is 1. The van der Waals surface area contributed by atoms with Gasteiger partial charge in [0.15, 0.2) is 0 Å². The van der Waals surface area contributed by atoms with Crippen molar-refractivity contribution in [2.45, 2.75) is 20.0 Å². The van der Waals surface area contributed by atoms with Crippen molar-refractivity contribution in [3.63, 3.8) is 0 Å². The summed E-state index contributed by atoms with van der Waals surface area (Å²) in [6.45, 7) is 4.00. The predicted octanol–water partition coefficient (Wildman–Crippen LogP) is 5.05. The molecule has 1 heterocycles. The zero-order valence-electron chi connectivity index (χ0n) is 13.8. The number of primary amides is 1. The molecule has 25 heavy (non-hydrogen) atoms. The third-order valence-corrected chi connectivity index (χ3v) is 3.57. The molecule has 0 fully saturated rings. The molecule has 130 valence electrons. The van der Waals surface area contributed by atoms with E-state index in [-0.39, 0.29) is 0 Å². The maximum atomic E-state index is 12.7. The van der Waals surface area contributed by atoms with Crippen molar-refractivity contribution in [3.05, 3.63) is 66.0 Å². The van der Waals surface area contributed by atoms with Gasteiger partial charge in [-0.2, -0.15) is 13.2 Å². The summed E-state index contributed by atoms with van der Waals surface area (Å²) in [6.07, 6.45) is -1.21. The molecular weight excluding hydrogens is 329 g/mol. The van der Waals surface area contributed by atoms with Gasteiger partial charge in [-0.3, -0.25) is 9.78 Å². The van der Waals surface area contributed by atoms with Gasteiger partial charge in [0.1, 0.15) is 0 Å². The van der Waals surface area contributed by atoms with Crippen molar-refractivity contribution < 1.29 is 18.0 Å². The summed E-state index contributed by atoms with van der Waals surface area (Å²) in [6, 6.07) is 9.72. The fourth-order valence-corrected chi connectivity index (χ4v) is 2.39. The fraction of sp³-hybridized carbons (Fsp3) is 0.158. The van der Waals surface area contributed by atoms with Gasteiger partial charge in [0.2, 0.25) is 5.91 Å². The summed E-state index contributed by atoms with van der Waals surface area (Å²) in [5.41, 5.74) is 6.12. The highest BCUT2D eigenvalue weighted by Gasteiger charge is 2.30. The zero-order valence-corrected chi connectivity index (χ0v) is 13.8. The maximum Gasteiger partial charge on any atom is 0.416 e. The van der Waals surface area contributed by atoms with E-state index in [1.807, 2.05) is 13.8 Å². The summed E-state index contributed by atoms with van der Waals surface area (Å²) in [5, 5.41) is 1.48. The van der Waals surface area contributed by atoms with Crippen molar-refractivity contribution in [3.8, 4) is 11.1 Å². The Bertz CT molecular complexity index is 887. The number of alkyl halides is 3. The molecule has 0 unspecified atom stereocenters. The second-order valence-electron chi connectivity index (χ2n) is 5.06. The number of amides is 1. The molecule has 0 saturated heterocycles. The maximum absolute atomic E-state index is 12.7. The number of nitrogens with zero attached hydrogens (tertiary/aromatic N) is 1. The van der Waals surface area contributed by atoms with Crippen LogP contribution in [0.4, 0.5) is 13.2 Å². The van der Waals surface area contributed by atoms with Crippen molar-refractivity contribution in [2.75, 3.05) is 0 Å². The minimum absolute atomic E-state index is 0.330. The van der Waals surface area contributed by atoms with Crippen LogP contribution in [0.25, 0.3) is 21.9 Å². The molecule has 0 aliphatic rings. The van der Waals surface area contributed by atoms with E-state index < -0.39 is 17.6 Å². The molecule has 0 radical (unpaired) electrons. The van der Waals surface area contributed by atoms with Gasteiger partial charge in [-0.1, -0.05) is 32.0 Å². The smallest absolute Gasteiger partial charge is 0.366 e. The van der Waals surface area contributed by atoms with Gasteiger partial charge in [0.05, 0.1) is 5.56 Å². The number of fused-ring (bicyclic) bond motifs is 1.